The molecule has 0 atom stereocenters. The quantitative estimate of drug-likeness (QED) is 0.0206. The topological polar surface area (TPSA) is 454 Å². The number of rotatable bonds is 27. The van der Waals surface area contributed by atoms with Crippen LogP contribution in [0.4, 0.5) is 51.2 Å². The molecule has 0 radical (unpaired) electrons. The van der Waals surface area contributed by atoms with Crippen LogP contribution in [-0.4, -0.2) is 209 Å². The van der Waals surface area contributed by atoms with Gasteiger partial charge in [-0.3, -0.25) is 33.8 Å². The van der Waals surface area contributed by atoms with Gasteiger partial charge in [-0.25, -0.2) is 84.6 Å². The molecule has 4 saturated heterocycles. The molecule has 1 amide bonds. The van der Waals surface area contributed by atoms with E-state index in [-0.39, 0.29) is 68.4 Å². The maximum absolute atomic E-state index is 13.0. The molecule has 4 aliphatic rings. The minimum absolute atomic E-state index is 0.0128. The average molecular weight is 1830 g/mol. The third-order valence-electron chi connectivity index (χ3n) is 20.3. The van der Waals surface area contributed by atoms with E-state index in [1.807, 2.05) is 36.1 Å². The number of carbonyl (C=O) groups excluding carboxylic acids is 1. The number of primary amides is 1. The van der Waals surface area contributed by atoms with Crippen LogP contribution in [0.3, 0.4) is 0 Å². The van der Waals surface area contributed by atoms with Crippen LogP contribution in [0.2, 0.25) is 0 Å². The molecule has 4 aliphatic heterocycles. The van der Waals surface area contributed by atoms with Crippen LogP contribution in [-0.2, 0) is 86.8 Å². The van der Waals surface area contributed by atoms with Crippen molar-refractivity contribution in [3.63, 3.8) is 0 Å². The van der Waals surface area contributed by atoms with Gasteiger partial charge in [0.1, 0.15) is 0 Å². The fourth-order valence-electron chi connectivity index (χ4n) is 13.4. The standard InChI is InChI=1S/C20H26N4O5S2.C20H27N3O5S2.C20H27N3O4S2.C19H24N4O6S2/c1-23(2)31(28,29)17-9-7-16(8-10-17)30(26,27)22-18-14-15(20(21)25)6-11-19(18)24-12-4-3-5-13-24;1-22(2)30(27,28)18-9-7-17(8-10-18)29(25,26)21-19-14-16(15-24)6-11-20(19)23-12-4-3-5-13-23;1-16-7-12-20(23-13-5-4-6-14-23)19(15-16)21-28(24,25)17-8-10-18(11-9-17)29(26,27)22(2)3;1-21(2)31(28,29)17-9-7-16(8-10-17)30(26,27)20-18-14-15(23(24)25)6-11-19(18)22-12-4-3-5-13-22/h6-11,14,22H,3-5,12-13H2,1-2H3,(H2,21,25);6-11,14,21,24H,3-5,12-13,15H2,1-2H3;7-12,15,21H,4-6,13-14H2,1-3H3;6-11,14,20H,3-5,12-13H2,1-2H3. The summed E-state index contributed by atoms with van der Waals surface area (Å²) in [6.07, 6.45) is 12.6. The Morgan fingerprint density at radius 2 is 0.587 bits per heavy atom. The second-order valence-corrected chi connectivity index (χ2v) is 45.1. The third-order valence-corrected chi connectivity index (χ3v) is 33.1. The molecule has 8 aromatic rings. The number of nitro benzene ring substituents is 1. The molecule has 42 heteroatoms. The average Bonchev–Trinajstić information content (AvgIpc) is 0.800. The molecule has 0 aliphatic carbocycles. The molecule has 34 nitrogen and oxygen atoms in total. The maximum atomic E-state index is 13.0. The second-order valence-electron chi connectivity index (χ2n) is 29.7. The minimum atomic E-state index is -4.11. The van der Waals surface area contributed by atoms with Crippen molar-refractivity contribution in [2.24, 2.45) is 5.73 Å². The lowest BCUT2D eigenvalue weighted by Crippen LogP contribution is -2.30. The number of aliphatic hydroxyl groups excluding tert-OH is 1. The highest BCUT2D eigenvalue weighted by Crippen LogP contribution is 2.38. The Labute approximate surface area is 710 Å². The third kappa shape index (κ3) is 24.0. The maximum Gasteiger partial charge on any atom is 0.271 e. The van der Waals surface area contributed by atoms with Crippen LogP contribution in [0.25, 0.3) is 0 Å². The second kappa shape index (κ2) is 40.2. The summed E-state index contributed by atoms with van der Waals surface area (Å²) < 4.78 is 216. The first-order valence-electron chi connectivity index (χ1n) is 38.6. The molecule has 4 fully saturated rings. The van der Waals surface area contributed by atoms with Gasteiger partial charge in [0.2, 0.25) is 46.0 Å². The summed E-state index contributed by atoms with van der Waals surface area (Å²) in [5, 5.41) is 20.7. The van der Waals surface area contributed by atoms with Crippen LogP contribution in [0.5, 0.6) is 0 Å². The molecule has 8 aromatic carbocycles. The number of amides is 1. The number of carbonyl (C=O) groups is 1. The SMILES string of the molecule is CN(C)S(=O)(=O)c1ccc(S(=O)(=O)Nc2cc(C(N)=O)ccc2N2CCCCC2)cc1.CN(C)S(=O)(=O)c1ccc(S(=O)(=O)Nc2cc(CO)ccc2N2CCCCC2)cc1.CN(C)S(=O)(=O)c1ccc(S(=O)(=O)Nc2cc([N+](=O)[O-])ccc2N2CCCCC2)cc1.Cc1ccc(N2CCCCC2)c(NS(=O)(=O)c2ccc(S(=O)(=O)N(C)C)cc2)c1. The van der Waals surface area contributed by atoms with Gasteiger partial charge in [0.25, 0.3) is 45.8 Å². The zero-order valence-electron chi connectivity index (χ0n) is 68.6. The lowest BCUT2D eigenvalue weighted by molar-refractivity contribution is -0.384. The Hall–Kier alpha value is -9.57. The van der Waals surface area contributed by atoms with Crippen LogP contribution in [0, 0.1) is 17.0 Å². The molecule has 0 saturated carbocycles. The van der Waals surface area contributed by atoms with Crippen molar-refractivity contribution in [2.45, 2.75) is 130 Å². The van der Waals surface area contributed by atoms with Gasteiger partial charge in [-0.1, -0.05) is 12.1 Å². The van der Waals surface area contributed by atoms with Gasteiger partial charge >= 0.3 is 0 Å². The number of nitrogens with one attached hydrogen (secondary N) is 4. The number of hydrogen-bond acceptors (Lipinski definition) is 24. The van der Waals surface area contributed by atoms with Crippen molar-refractivity contribution in [1.82, 2.24) is 17.2 Å². The van der Waals surface area contributed by atoms with Crippen LogP contribution < -0.4 is 44.2 Å². The highest BCUT2D eigenvalue weighted by molar-refractivity contribution is 7.94. The number of nitro groups is 1. The summed E-state index contributed by atoms with van der Waals surface area (Å²) in [5.41, 5.74) is 11.1. The normalized spacial score (nSPS) is 15.3. The Kier molecular flexibility index (Phi) is 31.6. The van der Waals surface area contributed by atoms with Crippen molar-refractivity contribution in [3.8, 4) is 0 Å². The minimum Gasteiger partial charge on any atom is -0.392 e. The number of aryl methyl sites for hydroxylation is 1. The van der Waals surface area contributed by atoms with Crippen molar-refractivity contribution < 1.29 is 82.2 Å². The molecule has 0 aromatic heterocycles. The summed E-state index contributed by atoms with van der Waals surface area (Å²) in [7, 11) is -19.3. The number of benzene rings is 8. The van der Waals surface area contributed by atoms with Gasteiger partial charge < -0.3 is 30.4 Å². The zero-order valence-corrected chi connectivity index (χ0v) is 75.1. The van der Waals surface area contributed by atoms with Crippen LogP contribution in [0.15, 0.2) is 209 Å². The first kappa shape index (κ1) is 95.3. The smallest absolute Gasteiger partial charge is 0.271 e. The molecule has 12 rings (SSSR count). The van der Waals surface area contributed by atoms with E-state index in [2.05, 4.69) is 33.6 Å². The zero-order chi connectivity index (χ0) is 88.8. The Morgan fingerprint density at radius 3 is 0.851 bits per heavy atom. The van der Waals surface area contributed by atoms with Gasteiger partial charge in [-0.05, 0) is 241 Å². The number of sulfonamides is 8. The van der Waals surface area contributed by atoms with Crippen molar-refractivity contribution in [1.29, 1.82) is 0 Å². The van der Waals surface area contributed by atoms with Gasteiger partial charge in [-0.2, -0.15) is 0 Å². The highest BCUT2D eigenvalue weighted by atomic mass is 32.2. The summed E-state index contributed by atoms with van der Waals surface area (Å²) in [5.74, 6) is -0.663. The summed E-state index contributed by atoms with van der Waals surface area (Å²) >= 11 is 0. The Morgan fingerprint density at radius 1 is 0.347 bits per heavy atom. The summed E-state index contributed by atoms with van der Waals surface area (Å²) in [6, 6.07) is 39.9. The number of hydrogen-bond donors (Lipinski definition) is 6. The molecule has 7 N–H and O–H groups in total. The number of anilines is 8. The first-order chi connectivity index (χ1) is 56.8. The molecule has 0 spiro atoms. The molecule has 0 unspecified atom stereocenters. The highest BCUT2D eigenvalue weighted by Gasteiger charge is 2.30. The van der Waals surface area contributed by atoms with Crippen LogP contribution >= 0.6 is 0 Å². The van der Waals surface area contributed by atoms with Crippen molar-refractivity contribution >= 4 is 137 Å². The largest absolute Gasteiger partial charge is 0.392 e. The van der Waals surface area contributed by atoms with Gasteiger partial charge in [0, 0.05) is 126 Å². The number of piperidine rings is 4. The van der Waals surface area contributed by atoms with Crippen molar-refractivity contribution in [2.75, 3.05) is 147 Å². The Balaban J connectivity index is 0.000000183. The van der Waals surface area contributed by atoms with Gasteiger partial charge in [0.05, 0.1) is 96.2 Å². The predicted molar refractivity (Wildman–Crippen MR) is 468 cm³/mol. The molecule has 121 heavy (non-hydrogen) atoms. The van der Waals surface area contributed by atoms with E-state index in [4.69, 9.17) is 5.73 Å². The van der Waals surface area contributed by atoms with Crippen molar-refractivity contribution in [3.05, 3.63) is 197 Å². The number of non-ortho nitro benzene ring substituents is 1. The number of nitrogens with zero attached hydrogens (tertiary/aromatic N) is 9. The predicted octanol–water partition coefficient (Wildman–Crippen LogP) is 9.72. The van der Waals surface area contributed by atoms with E-state index in [0.717, 1.165) is 157 Å². The lowest BCUT2D eigenvalue weighted by atomic mass is 10.1. The van der Waals surface area contributed by atoms with E-state index in [1.54, 1.807) is 30.3 Å². The molecule has 4 heterocycles. The van der Waals surface area contributed by atoms with E-state index in [0.29, 0.717) is 28.3 Å². The summed E-state index contributed by atoms with van der Waals surface area (Å²) in [6.45, 7) is 8.19. The summed E-state index contributed by atoms with van der Waals surface area (Å²) in [4.78, 5) is 30.4. The molecule has 0 bridgehead atoms. The van der Waals surface area contributed by atoms with Gasteiger partial charge in [0.15, 0.2) is 0 Å². The monoisotopic (exact) mass is 1820 g/mol. The lowest BCUT2D eigenvalue weighted by Gasteiger charge is -2.31. The van der Waals surface area contributed by atoms with E-state index in [9.17, 15) is 87.4 Å². The van der Waals surface area contributed by atoms with E-state index < -0.39 is 91.0 Å². The molecular weight excluding hydrogens is 1720 g/mol. The fraction of sp³-hybridized carbons (Fsp3) is 0.380. The number of nitrogens with two attached hydrogens (primary N) is 1. The molecule has 658 valence electrons. The van der Waals surface area contributed by atoms with Crippen LogP contribution in [0.1, 0.15) is 98.5 Å². The number of aliphatic hydroxyl groups is 1. The fourth-order valence-corrected chi connectivity index (χ4v) is 21.3. The first-order valence-corrected chi connectivity index (χ1v) is 50.3. The molecular formula is C79H104N14O20S8. The Bertz CT molecular complexity index is 5790. The van der Waals surface area contributed by atoms with E-state index >= 15 is 0 Å². The van der Waals surface area contributed by atoms with E-state index in [1.165, 1.54) is 178 Å². The van der Waals surface area contributed by atoms with Gasteiger partial charge in [-0.15, -0.1) is 0 Å².